The van der Waals surface area contributed by atoms with Crippen LogP contribution in [0.25, 0.3) is 0 Å². The SMILES string of the molecule is Cc1cc(N2CCc3ccccc32)nc(NCc2ccccc2C)n1. The minimum absolute atomic E-state index is 0.683. The molecule has 4 heteroatoms. The predicted octanol–water partition coefficient (Wildman–Crippen LogP) is 4.40. The molecular formula is C21H22N4. The highest BCUT2D eigenvalue weighted by molar-refractivity contribution is 5.68. The molecule has 0 bridgehead atoms. The molecule has 2 aromatic carbocycles. The first-order chi connectivity index (χ1) is 12.2. The number of nitrogens with zero attached hydrogens (tertiary/aromatic N) is 3. The van der Waals surface area contributed by atoms with Crippen molar-refractivity contribution >= 4 is 17.5 Å². The van der Waals surface area contributed by atoms with Crippen LogP contribution in [0.2, 0.25) is 0 Å². The van der Waals surface area contributed by atoms with Crippen LogP contribution < -0.4 is 10.2 Å². The lowest BCUT2D eigenvalue weighted by Gasteiger charge is -2.19. The molecule has 126 valence electrons. The fourth-order valence-corrected chi connectivity index (χ4v) is 3.33. The molecule has 0 aliphatic carbocycles. The molecule has 0 saturated heterocycles. The summed E-state index contributed by atoms with van der Waals surface area (Å²) in [7, 11) is 0. The molecule has 1 N–H and O–H groups in total. The van der Waals surface area contributed by atoms with Crippen molar-refractivity contribution < 1.29 is 0 Å². The zero-order valence-electron chi connectivity index (χ0n) is 14.7. The second-order valence-electron chi connectivity index (χ2n) is 6.50. The van der Waals surface area contributed by atoms with E-state index in [-0.39, 0.29) is 0 Å². The van der Waals surface area contributed by atoms with Crippen LogP contribution in [0.1, 0.15) is 22.4 Å². The van der Waals surface area contributed by atoms with Gasteiger partial charge in [0.1, 0.15) is 5.82 Å². The fourth-order valence-electron chi connectivity index (χ4n) is 3.33. The van der Waals surface area contributed by atoms with Crippen molar-refractivity contribution in [1.29, 1.82) is 0 Å². The van der Waals surface area contributed by atoms with Crippen molar-refractivity contribution in [1.82, 2.24) is 9.97 Å². The summed E-state index contributed by atoms with van der Waals surface area (Å²) in [5.41, 5.74) is 6.15. The molecule has 25 heavy (non-hydrogen) atoms. The molecule has 0 atom stereocenters. The van der Waals surface area contributed by atoms with Gasteiger partial charge in [0.25, 0.3) is 0 Å². The van der Waals surface area contributed by atoms with Crippen LogP contribution in [-0.2, 0) is 13.0 Å². The van der Waals surface area contributed by atoms with E-state index < -0.39 is 0 Å². The summed E-state index contributed by atoms with van der Waals surface area (Å²) in [6, 6.07) is 19.0. The Balaban J connectivity index is 1.58. The maximum absolute atomic E-state index is 4.76. The maximum Gasteiger partial charge on any atom is 0.225 e. The highest BCUT2D eigenvalue weighted by atomic mass is 15.2. The second kappa shape index (κ2) is 6.55. The molecule has 3 aromatic rings. The number of rotatable bonds is 4. The van der Waals surface area contributed by atoms with Crippen molar-refractivity contribution in [3.8, 4) is 0 Å². The highest BCUT2D eigenvalue weighted by Crippen LogP contribution is 2.33. The van der Waals surface area contributed by atoms with Crippen molar-refractivity contribution in [2.75, 3.05) is 16.8 Å². The Labute approximate surface area is 148 Å². The average molecular weight is 330 g/mol. The molecule has 0 fully saturated rings. The summed E-state index contributed by atoms with van der Waals surface area (Å²) >= 11 is 0. The van der Waals surface area contributed by atoms with Crippen molar-refractivity contribution in [2.24, 2.45) is 0 Å². The molecule has 0 radical (unpaired) electrons. The summed E-state index contributed by atoms with van der Waals surface area (Å²) in [5, 5.41) is 3.38. The lowest BCUT2D eigenvalue weighted by atomic mass is 10.1. The predicted molar refractivity (Wildman–Crippen MR) is 102 cm³/mol. The van der Waals surface area contributed by atoms with Crippen molar-refractivity contribution in [3.63, 3.8) is 0 Å². The number of anilines is 3. The Morgan fingerprint density at radius 3 is 2.68 bits per heavy atom. The zero-order chi connectivity index (χ0) is 17.2. The van der Waals surface area contributed by atoms with Crippen LogP contribution in [0.15, 0.2) is 54.6 Å². The van der Waals surface area contributed by atoms with Crippen LogP contribution >= 0.6 is 0 Å². The van der Waals surface area contributed by atoms with E-state index in [2.05, 4.69) is 76.7 Å². The second-order valence-corrected chi connectivity index (χ2v) is 6.50. The molecule has 2 heterocycles. The molecule has 0 saturated carbocycles. The summed E-state index contributed by atoms with van der Waals surface area (Å²) in [6.45, 7) is 5.84. The molecule has 1 aromatic heterocycles. The number of benzene rings is 2. The van der Waals surface area contributed by atoms with Crippen LogP contribution in [-0.4, -0.2) is 16.5 Å². The third-order valence-electron chi connectivity index (χ3n) is 4.70. The van der Waals surface area contributed by atoms with Gasteiger partial charge in [0.15, 0.2) is 0 Å². The minimum Gasteiger partial charge on any atom is -0.350 e. The van der Waals surface area contributed by atoms with Gasteiger partial charge in [0.2, 0.25) is 5.95 Å². The highest BCUT2D eigenvalue weighted by Gasteiger charge is 2.21. The maximum atomic E-state index is 4.76. The Hall–Kier alpha value is -2.88. The van der Waals surface area contributed by atoms with Gasteiger partial charge >= 0.3 is 0 Å². The molecule has 0 amide bonds. The first-order valence-corrected chi connectivity index (χ1v) is 8.70. The third-order valence-corrected chi connectivity index (χ3v) is 4.70. The van der Waals surface area contributed by atoms with Crippen LogP contribution in [0.3, 0.4) is 0 Å². The van der Waals surface area contributed by atoms with Gasteiger partial charge in [-0.05, 0) is 43.0 Å². The molecule has 0 spiro atoms. The summed E-state index contributed by atoms with van der Waals surface area (Å²) in [5.74, 6) is 1.65. The fraction of sp³-hybridized carbons (Fsp3) is 0.238. The van der Waals surface area contributed by atoms with Gasteiger partial charge in [-0.2, -0.15) is 4.98 Å². The van der Waals surface area contributed by atoms with E-state index in [4.69, 9.17) is 4.98 Å². The molecule has 1 aliphatic rings. The van der Waals surface area contributed by atoms with E-state index in [1.54, 1.807) is 0 Å². The lowest BCUT2D eigenvalue weighted by Crippen LogP contribution is -2.16. The van der Waals surface area contributed by atoms with Gasteiger partial charge in [-0.1, -0.05) is 42.5 Å². The molecule has 0 unspecified atom stereocenters. The number of aryl methyl sites for hydroxylation is 2. The van der Waals surface area contributed by atoms with E-state index in [0.29, 0.717) is 5.95 Å². The molecule has 4 rings (SSSR count). The number of para-hydroxylation sites is 1. The van der Waals surface area contributed by atoms with Crippen LogP contribution in [0, 0.1) is 13.8 Å². The number of hydrogen-bond acceptors (Lipinski definition) is 4. The Morgan fingerprint density at radius 1 is 1.00 bits per heavy atom. The van der Waals surface area contributed by atoms with E-state index in [1.165, 1.54) is 22.4 Å². The first kappa shape index (κ1) is 15.6. The van der Waals surface area contributed by atoms with E-state index >= 15 is 0 Å². The monoisotopic (exact) mass is 330 g/mol. The minimum atomic E-state index is 0.683. The Bertz CT molecular complexity index is 904. The van der Waals surface area contributed by atoms with E-state index in [9.17, 15) is 0 Å². The Morgan fingerprint density at radius 2 is 1.80 bits per heavy atom. The number of nitrogens with one attached hydrogen (secondary N) is 1. The van der Waals surface area contributed by atoms with Gasteiger partial charge in [-0.3, -0.25) is 0 Å². The standard InChI is InChI=1S/C21H22N4/c1-15-7-3-4-9-18(15)14-22-21-23-16(2)13-20(24-21)25-12-11-17-8-5-6-10-19(17)25/h3-10,13H,11-12,14H2,1-2H3,(H,22,23,24). The van der Waals surface area contributed by atoms with Crippen molar-refractivity contribution in [3.05, 3.63) is 77.0 Å². The quantitative estimate of drug-likeness (QED) is 0.770. The lowest BCUT2D eigenvalue weighted by molar-refractivity contribution is 0.947. The van der Waals surface area contributed by atoms with Gasteiger partial charge < -0.3 is 10.2 Å². The summed E-state index contributed by atoms with van der Waals surface area (Å²) < 4.78 is 0. The molecule has 1 aliphatic heterocycles. The smallest absolute Gasteiger partial charge is 0.225 e. The van der Waals surface area contributed by atoms with Crippen molar-refractivity contribution in [2.45, 2.75) is 26.8 Å². The summed E-state index contributed by atoms with van der Waals surface area (Å²) in [4.78, 5) is 11.6. The Kier molecular flexibility index (Phi) is 4.10. The largest absolute Gasteiger partial charge is 0.350 e. The normalized spacial score (nSPS) is 13.0. The van der Waals surface area contributed by atoms with Gasteiger partial charge in [-0.25, -0.2) is 4.98 Å². The van der Waals surface area contributed by atoms with Crippen LogP contribution in [0.4, 0.5) is 17.5 Å². The molecular weight excluding hydrogens is 308 g/mol. The third kappa shape index (κ3) is 3.20. The first-order valence-electron chi connectivity index (χ1n) is 8.70. The zero-order valence-corrected chi connectivity index (χ0v) is 14.7. The molecule has 4 nitrogen and oxygen atoms in total. The van der Waals surface area contributed by atoms with E-state index in [0.717, 1.165) is 31.0 Å². The van der Waals surface area contributed by atoms with E-state index in [1.807, 2.05) is 6.92 Å². The van der Waals surface area contributed by atoms with Gasteiger partial charge in [0.05, 0.1) is 0 Å². The number of hydrogen-bond donors (Lipinski definition) is 1. The van der Waals surface area contributed by atoms with Gasteiger partial charge in [0, 0.05) is 30.5 Å². The number of fused-ring (bicyclic) bond motifs is 1. The average Bonchev–Trinajstić information content (AvgIpc) is 3.05. The summed E-state index contributed by atoms with van der Waals surface area (Å²) in [6.07, 6.45) is 1.06. The number of aromatic nitrogens is 2. The van der Waals surface area contributed by atoms with Crippen LogP contribution in [0.5, 0.6) is 0 Å². The van der Waals surface area contributed by atoms with Gasteiger partial charge in [-0.15, -0.1) is 0 Å². The topological polar surface area (TPSA) is 41.1 Å².